The smallest absolute Gasteiger partial charge is 0.123 e. The molecule has 0 aromatic heterocycles. The summed E-state index contributed by atoms with van der Waals surface area (Å²) in [4.78, 5) is 0. The Hall–Kier alpha value is -1.02. The van der Waals surface area contributed by atoms with Gasteiger partial charge in [-0.2, -0.15) is 0 Å². The van der Waals surface area contributed by atoms with Crippen molar-refractivity contribution >= 4 is 0 Å². The molecule has 2 heteroatoms. The summed E-state index contributed by atoms with van der Waals surface area (Å²) >= 11 is 0. The van der Waals surface area contributed by atoms with Crippen molar-refractivity contribution in [3.05, 3.63) is 29.3 Å². The first-order chi connectivity index (χ1) is 8.04. The van der Waals surface area contributed by atoms with E-state index in [9.17, 15) is 0 Å². The molecule has 0 radical (unpaired) electrons. The zero-order valence-electron chi connectivity index (χ0n) is 11.3. The van der Waals surface area contributed by atoms with Crippen LogP contribution in [0.3, 0.4) is 0 Å². The summed E-state index contributed by atoms with van der Waals surface area (Å²) in [5.74, 6) is 0.983. The molecule has 2 nitrogen and oxygen atoms in total. The van der Waals surface area contributed by atoms with Gasteiger partial charge in [0.25, 0.3) is 0 Å². The fourth-order valence-electron chi connectivity index (χ4n) is 2.09. The minimum absolute atomic E-state index is 0.349. The van der Waals surface area contributed by atoms with Crippen LogP contribution < -0.4 is 10.1 Å². The van der Waals surface area contributed by atoms with Gasteiger partial charge in [-0.05, 0) is 38.2 Å². The average molecular weight is 233 g/mol. The Morgan fingerprint density at radius 3 is 2.71 bits per heavy atom. The zero-order chi connectivity index (χ0) is 12.5. The number of hydrogen-bond donors (Lipinski definition) is 1. The topological polar surface area (TPSA) is 21.3 Å². The molecule has 17 heavy (non-hydrogen) atoms. The van der Waals surface area contributed by atoms with Gasteiger partial charge in [-0.3, -0.25) is 0 Å². The Balaban J connectivity index is 2.06. The van der Waals surface area contributed by atoms with Crippen LogP contribution >= 0.6 is 0 Å². The van der Waals surface area contributed by atoms with E-state index in [1.807, 2.05) is 0 Å². The third kappa shape index (κ3) is 3.01. The second kappa shape index (κ2) is 4.69. The van der Waals surface area contributed by atoms with Crippen LogP contribution in [0.25, 0.3) is 0 Å². The lowest BCUT2D eigenvalue weighted by Gasteiger charge is -2.20. The number of benzene rings is 1. The van der Waals surface area contributed by atoms with Crippen molar-refractivity contribution in [1.82, 2.24) is 5.32 Å². The molecule has 0 spiro atoms. The standard InChI is InChI=1S/C15H23NO/c1-11-5-6-14(17-4)13(9-11)12(2)16-10-15(3)7-8-15/h5-6,9,12,16H,7-8,10H2,1-4H3. The van der Waals surface area contributed by atoms with Crippen LogP contribution in [0.5, 0.6) is 5.75 Å². The van der Waals surface area contributed by atoms with Gasteiger partial charge in [0.05, 0.1) is 7.11 Å². The summed E-state index contributed by atoms with van der Waals surface area (Å²) in [6.45, 7) is 7.78. The summed E-state index contributed by atoms with van der Waals surface area (Å²) in [7, 11) is 1.74. The minimum atomic E-state index is 0.349. The highest BCUT2D eigenvalue weighted by atomic mass is 16.5. The third-order valence-electron chi connectivity index (χ3n) is 3.79. The molecule has 0 aliphatic heterocycles. The number of hydrogen-bond acceptors (Lipinski definition) is 2. The van der Waals surface area contributed by atoms with Crippen molar-refractivity contribution in [3.63, 3.8) is 0 Å². The number of aryl methyl sites for hydroxylation is 1. The zero-order valence-corrected chi connectivity index (χ0v) is 11.3. The van der Waals surface area contributed by atoms with Crippen molar-refractivity contribution in [2.75, 3.05) is 13.7 Å². The quantitative estimate of drug-likeness (QED) is 0.841. The van der Waals surface area contributed by atoms with Crippen molar-refractivity contribution in [1.29, 1.82) is 0 Å². The Kier molecular flexibility index (Phi) is 3.43. The Morgan fingerprint density at radius 2 is 2.12 bits per heavy atom. The van der Waals surface area contributed by atoms with E-state index >= 15 is 0 Å². The SMILES string of the molecule is COc1ccc(C)cc1C(C)NCC1(C)CC1. The van der Waals surface area contributed by atoms with Gasteiger partial charge in [-0.1, -0.05) is 24.6 Å². The first-order valence-electron chi connectivity index (χ1n) is 6.42. The molecule has 1 N–H and O–H groups in total. The van der Waals surface area contributed by atoms with Crippen molar-refractivity contribution in [2.45, 2.75) is 39.7 Å². The largest absolute Gasteiger partial charge is 0.496 e. The Labute approximate surface area is 104 Å². The molecule has 0 amide bonds. The normalized spacial score (nSPS) is 18.8. The lowest BCUT2D eigenvalue weighted by molar-refractivity contribution is 0.395. The van der Waals surface area contributed by atoms with Gasteiger partial charge >= 0.3 is 0 Å². The maximum atomic E-state index is 5.43. The monoisotopic (exact) mass is 233 g/mol. The fraction of sp³-hybridized carbons (Fsp3) is 0.600. The van der Waals surface area contributed by atoms with Gasteiger partial charge in [0.1, 0.15) is 5.75 Å². The minimum Gasteiger partial charge on any atom is -0.496 e. The molecule has 2 rings (SSSR count). The van der Waals surface area contributed by atoms with E-state index in [0.29, 0.717) is 11.5 Å². The van der Waals surface area contributed by atoms with Crippen LogP contribution in [0.1, 0.15) is 43.9 Å². The predicted molar refractivity (Wildman–Crippen MR) is 71.5 cm³/mol. The van der Waals surface area contributed by atoms with E-state index in [0.717, 1.165) is 12.3 Å². The molecule has 1 atom stereocenters. The fourth-order valence-corrected chi connectivity index (χ4v) is 2.09. The van der Waals surface area contributed by atoms with Gasteiger partial charge in [-0.25, -0.2) is 0 Å². The van der Waals surface area contributed by atoms with E-state index in [4.69, 9.17) is 4.74 Å². The van der Waals surface area contributed by atoms with Crippen molar-refractivity contribution < 1.29 is 4.74 Å². The lowest BCUT2D eigenvalue weighted by atomic mass is 10.0. The predicted octanol–water partition coefficient (Wildman–Crippen LogP) is 3.45. The highest BCUT2D eigenvalue weighted by Gasteiger charge is 2.37. The molecule has 1 saturated carbocycles. The van der Waals surface area contributed by atoms with Crippen LogP contribution in [0.15, 0.2) is 18.2 Å². The van der Waals surface area contributed by atoms with Crippen molar-refractivity contribution in [2.24, 2.45) is 5.41 Å². The second-order valence-corrected chi connectivity index (χ2v) is 5.66. The molecule has 0 saturated heterocycles. The molecule has 1 aliphatic rings. The molecular formula is C15H23NO. The number of ether oxygens (including phenoxy) is 1. The highest BCUT2D eigenvalue weighted by Crippen LogP contribution is 2.44. The van der Waals surface area contributed by atoms with Crippen LogP contribution in [-0.2, 0) is 0 Å². The number of nitrogens with one attached hydrogen (secondary N) is 1. The maximum Gasteiger partial charge on any atom is 0.123 e. The summed E-state index contributed by atoms with van der Waals surface area (Å²) in [6, 6.07) is 6.72. The molecule has 1 aromatic rings. The van der Waals surface area contributed by atoms with E-state index in [2.05, 4.69) is 44.3 Å². The third-order valence-corrected chi connectivity index (χ3v) is 3.79. The van der Waals surface area contributed by atoms with Gasteiger partial charge < -0.3 is 10.1 Å². The summed E-state index contributed by atoms with van der Waals surface area (Å²) in [6.07, 6.45) is 2.72. The maximum absolute atomic E-state index is 5.43. The van der Waals surface area contributed by atoms with E-state index in [-0.39, 0.29) is 0 Å². The number of rotatable bonds is 5. The Morgan fingerprint density at radius 1 is 1.41 bits per heavy atom. The molecule has 94 valence electrons. The van der Waals surface area contributed by atoms with Crippen LogP contribution in [-0.4, -0.2) is 13.7 Å². The molecule has 1 aliphatic carbocycles. The molecule has 0 heterocycles. The van der Waals surface area contributed by atoms with Crippen molar-refractivity contribution in [3.8, 4) is 5.75 Å². The van der Waals surface area contributed by atoms with E-state index in [1.165, 1.54) is 24.0 Å². The summed E-state index contributed by atoms with van der Waals surface area (Å²) in [5.41, 5.74) is 3.09. The van der Waals surface area contributed by atoms with Gasteiger partial charge in [0, 0.05) is 18.2 Å². The molecule has 1 unspecified atom stereocenters. The molecule has 0 bridgehead atoms. The summed E-state index contributed by atoms with van der Waals surface area (Å²) in [5, 5.41) is 3.62. The average Bonchev–Trinajstić information content (AvgIpc) is 3.05. The van der Waals surface area contributed by atoms with Crippen LogP contribution in [0.4, 0.5) is 0 Å². The van der Waals surface area contributed by atoms with Gasteiger partial charge in [-0.15, -0.1) is 0 Å². The van der Waals surface area contributed by atoms with E-state index in [1.54, 1.807) is 7.11 Å². The molecule has 1 fully saturated rings. The lowest BCUT2D eigenvalue weighted by Crippen LogP contribution is -2.25. The number of methoxy groups -OCH3 is 1. The molecular weight excluding hydrogens is 210 g/mol. The summed E-state index contributed by atoms with van der Waals surface area (Å²) < 4.78 is 5.43. The Bertz CT molecular complexity index is 396. The van der Waals surface area contributed by atoms with Gasteiger partial charge in [0.15, 0.2) is 0 Å². The van der Waals surface area contributed by atoms with Crippen LogP contribution in [0, 0.1) is 12.3 Å². The first kappa shape index (κ1) is 12.4. The molecule has 1 aromatic carbocycles. The van der Waals surface area contributed by atoms with E-state index < -0.39 is 0 Å². The van der Waals surface area contributed by atoms with Crippen LogP contribution in [0.2, 0.25) is 0 Å². The van der Waals surface area contributed by atoms with Gasteiger partial charge in [0.2, 0.25) is 0 Å². The highest BCUT2D eigenvalue weighted by molar-refractivity contribution is 5.38. The second-order valence-electron chi connectivity index (χ2n) is 5.66. The first-order valence-corrected chi connectivity index (χ1v) is 6.42.